The highest BCUT2D eigenvalue weighted by atomic mass is 16.5. The van der Waals surface area contributed by atoms with E-state index in [4.69, 9.17) is 9.84 Å². The molecule has 0 aliphatic carbocycles. The molecule has 0 aromatic carbocycles. The van der Waals surface area contributed by atoms with Gasteiger partial charge in [-0.3, -0.25) is 0 Å². The van der Waals surface area contributed by atoms with Crippen molar-refractivity contribution >= 4 is 0 Å². The van der Waals surface area contributed by atoms with Crippen molar-refractivity contribution in [2.75, 3.05) is 6.61 Å². The largest absolute Gasteiger partial charge is 0.393 e. The van der Waals surface area contributed by atoms with Crippen molar-refractivity contribution in [3.05, 3.63) is 0 Å². The maximum atomic E-state index is 9.44. The highest BCUT2D eigenvalue weighted by molar-refractivity contribution is 4.70. The molecule has 0 radical (unpaired) electrons. The maximum Gasteiger partial charge on any atom is 0.0600 e. The highest BCUT2D eigenvalue weighted by Crippen LogP contribution is 2.18. The fraction of sp³-hybridized carbons (Fsp3) is 1.00. The number of aliphatic hydroxyl groups is 2. The van der Waals surface area contributed by atoms with Crippen molar-refractivity contribution in [1.82, 2.24) is 0 Å². The predicted molar refractivity (Wildman–Crippen MR) is 45.9 cm³/mol. The summed E-state index contributed by atoms with van der Waals surface area (Å²) in [4.78, 5) is 0. The monoisotopic (exact) mass is 174 g/mol. The zero-order valence-electron chi connectivity index (χ0n) is 7.57. The first-order chi connectivity index (χ1) is 5.68. The molecule has 3 heteroatoms. The van der Waals surface area contributed by atoms with E-state index in [0.29, 0.717) is 12.8 Å². The molecule has 3 nitrogen and oxygen atoms in total. The topological polar surface area (TPSA) is 49.7 Å². The molecular weight excluding hydrogens is 156 g/mol. The van der Waals surface area contributed by atoms with E-state index in [1.165, 1.54) is 0 Å². The minimum Gasteiger partial charge on any atom is -0.393 e. The fourth-order valence-corrected chi connectivity index (χ4v) is 1.62. The number of hydrogen-bond donors (Lipinski definition) is 2. The van der Waals surface area contributed by atoms with Crippen LogP contribution < -0.4 is 0 Å². The van der Waals surface area contributed by atoms with E-state index in [1.807, 2.05) is 0 Å². The van der Waals surface area contributed by atoms with E-state index in [-0.39, 0.29) is 6.10 Å². The lowest BCUT2D eigenvalue weighted by Gasteiger charge is -2.16. The second kappa shape index (κ2) is 4.80. The summed E-state index contributed by atoms with van der Waals surface area (Å²) in [6, 6.07) is 0. The zero-order chi connectivity index (χ0) is 8.97. The Labute approximate surface area is 73.4 Å². The fourth-order valence-electron chi connectivity index (χ4n) is 1.62. The number of aliphatic hydroxyl groups excluding tert-OH is 2. The molecule has 12 heavy (non-hydrogen) atoms. The first kappa shape index (κ1) is 9.96. The van der Waals surface area contributed by atoms with Crippen molar-refractivity contribution < 1.29 is 14.9 Å². The molecular formula is C9H18O3. The molecule has 1 aliphatic rings. The van der Waals surface area contributed by atoms with Gasteiger partial charge in [-0.2, -0.15) is 0 Å². The van der Waals surface area contributed by atoms with Gasteiger partial charge >= 0.3 is 0 Å². The molecule has 0 saturated carbocycles. The van der Waals surface area contributed by atoms with Gasteiger partial charge in [-0.25, -0.2) is 0 Å². The van der Waals surface area contributed by atoms with Crippen LogP contribution in [0.4, 0.5) is 0 Å². The summed E-state index contributed by atoms with van der Waals surface area (Å²) in [7, 11) is 0. The van der Waals surface area contributed by atoms with Gasteiger partial charge in [0.05, 0.1) is 18.3 Å². The van der Waals surface area contributed by atoms with E-state index in [2.05, 4.69) is 0 Å². The Bertz CT molecular complexity index is 119. The molecule has 1 fully saturated rings. The Hall–Kier alpha value is -0.120. The summed E-state index contributed by atoms with van der Waals surface area (Å²) in [6.07, 6.45) is 2.68. The van der Waals surface area contributed by atoms with Crippen molar-refractivity contribution in [3.8, 4) is 0 Å². The first-order valence-electron chi connectivity index (χ1n) is 4.66. The van der Waals surface area contributed by atoms with Gasteiger partial charge in [-0.05, 0) is 32.6 Å². The minimum absolute atomic E-state index is 0.221. The van der Waals surface area contributed by atoms with E-state index in [9.17, 15) is 5.11 Å². The van der Waals surface area contributed by atoms with Gasteiger partial charge in [0.15, 0.2) is 0 Å². The first-order valence-corrected chi connectivity index (χ1v) is 4.66. The predicted octanol–water partition coefficient (Wildman–Crippen LogP) is 0.687. The lowest BCUT2D eigenvalue weighted by atomic mass is 10.0. The van der Waals surface area contributed by atoms with E-state index in [0.717, 1.165) is 19.4 Å². The summed E-state index contributed by atoms with van der Waals surface area (Å²) < 4.78 is 5.36. The summed E-state index contributed by atoms with van der Waals surface area (Å²) in [6.45, 7) is 2.52. The van der Waals surface area contributed by atoms with Crippen molar-refractivity contribution in [1.29, 1.82) is 0 Å². The summed E-state index contributed by atoms with van der Waals surface area (Å²) in [5.74, 6) is 0. The summed E-state index contributed by atoms with van der Waals surface area (Å²) in [5, 5.41) is 18.4. The molecule has 3 unspecified atom stereocenters. The minimum atomic E-state index is -0.415. The Morgan fingerprint density at radius 3 is 2.75 bits per heavy atom. The van der Waals surface area contributed by atoms with Gasteiger partial charge in [0.25, 0.3) is 0 Å². The molecule has 0 bridgehead atoms. The number of rotatable bonds is 4. The quantitative estimate of drug-likeness (QED) is 0.659. The Morgan fingerprint density at radius 2 is 2.25 bits per heavy atom. The third-order valence-corrected chi connectivity index (χ3v) is 2.17. The van der Waals surface area contributed by atoms with E-state index >= 15 is 0 Å². The molecule has 3 atom stereocenters. The van der Waals surface area contributed by atoms with Crippen molar-refractivity contribution in [2.45, 2.75) is 50.9 Å². The van der Waals surface area contributed by atoms with Crippen molar-refractivity contribution in [2.24, 2.45) is 0 Å². The number of ether oxygens (including phenoxy) is 1. The second-order valence-electron chi connectivity index (χ2n) is 3.61. The molecule has 1 heterocycles. The average molecular weight is 174 g/mol. The van der Waals surface area contributed by atoms with Crippen LogP contribution in [-0.2, 0) is 4.74 Å². The van der Waals surface area contributed by atoms with Crippen molar-refractivity contribution in [3.63, 3.8) is 0 Å². The van der Waals surface area contributed by atoms with Gasteiger partial charge in [-0.1, -0.05) is 0 Å². The Balaban J connectivity index is 2.11. The Morgan fingerprint density at radius 1 is 1.50 bits per heavy atom. The van der Waals surface area contributed by atoms with E-state index < -0.39 is 12.2 Å². The van der Waals surface area contributed by atoms with Gasteiger partial charge in [-0.15, -0.1) is 0 Å². The molecule has 0 aromatic rings. The lowest BCUT2D eigenvalue weighted by Crippen LogP contribution is -2.21. The lowest BCUT2D eigenvalue weighted by molar-refractivity contribution is 0.0304. The maximum absolute atomic E-state index is 9.44. The molecule has 0 spiro atoms. The molecule has 1 rings (SSSR count). The standard InChI is InChI=1S/C9H18O3/c1-7(10)5-8(11)6-9-3-2-4-12-9/h7-11H,2-6H2,1H3. The van der Waals surface area contributed by atoms with Crippen LogP contribution in [0.1, 0.15) is 32.6 Å². The van der Waals surface area contributed by atoms with Gasteiger partial charge in [0, 0.05) is 6.61 Å². The van der Waals surface area contributed by atoms with Gasteiger partial charge in [0.1, 0.15) is 0 Å². The molecule has 2 N–H and O–H groups in total. The normalized spacial score (nSPS) is 28.8. The highest BCUT2D eigenvalue weighted by Gasteiger charge is 2.19. The molecule has 0 amide bonds. The van der Waals surface area contributed by atoms with Gasteiger partial charge in [0.2, 0.25) is 0 Å². The van der Waals surface area contributed by atoms with Gasteiger partial charge < -0.3 is 14.9 Å². The summed E-state index contributed by atoms with van der Waals surface area (Å²) in [5.41, 5.74) is 0. The third kappa shape index (κ3) is 3.52. The molecule has 1 aliphatic heterocycles. The summed E-state index contributed by atoms with van der Waals surface area (Å²) >= 11 is 0. The molecule has 1 saturated heterocycles. The van der Waals surface area contributed by atoms with Crippen LogP contribution in [0, 0.1) is 0 Å². The van der Waals surface area contributed by atoms with Crippen LogP contribution in [0.5, 0.6) is 0 Å². The van der Waals surface area contributed by atoms with Crippen LogP contribution in [0.3, 0.4) is 0 Å². The van der Waals surface area contributed by atoms with E-state index in [1.54, 1.807) is 6.92 Å². The third-order valence-electron chi connectivity index (χ3n) is 2.17. The molecule has 72 valence electrons. The van der Waals surface area contributed by atoms with Crippen LogP contribution in [0.25, 0.3) is 0 Å². The van der Waals surface area contributed by atoms with Crippen LogP contribution in [0.15, 0.2) is 0 Å². The molecule has 0 aromatic heterocycles. The smallest absolute Gasteiger partial charge is 0.0600 e. The van der Waals surface area contributed by atoms with Crippen LogP contribution in [0.2, 0.25) is 0 Å². The number of hydrogen-bond acceptors (Lipinski definition) is 3. The second-order valence-corrected chi connectivity index (χ2v) is 3.61. The Kier molecular flexibility index (Phi) is 3.98. The van der Waals surface area contributed by atoms with Crippen LogP contribution in [-0.4, -0.2) is 35.1 Å². The zero-order valence-corrected chi connectivity index (χ0v) is 7.57. The SMILES string of the molecule is CC(O)CC(O)CC1CCCO1. The van der Waals surface area contributed by atoms with Crippen LogP contribution >= 0.6 is 0 Å². The average Bonchev–Trinajstić information content (AvgIpc) is 2.37.